The smallest absolute Gasteiger partial charge is 0.230 e. The van der Waals surface area contributed by atoms with Gasteiger partial charge >= 0.3 is 0 Å². The molecule has 1 aromatic carbocycles. The molecule has 1 saturated carbocycles. The summed E-state index contributed by atoms with van der Waals surface area (Å²) in [6, 6.07) is 6.70. The maximum Gasteiger partial charge on any atom is 0.230 e. The van der Waals surface area contributed by atoms with E-state index in [-0.39, 0.29) is 24.1 Å². The van der Waals surface area contributed by atoms with Gasteiger partial charge in [0.25, 0.3) is 0 Å². The minimum absolute atomic E-state index is 0. The molecule has 1 fully saturated rings. The molecule has 1 aliphatic carbocycles. The number of benzene rings is 1. The van der Waals surface area contributed by atoms with E-state index in [1.54, 1.807) is 12.1 Å². The summed E-state index contributed by atoms with van der Waals surface area (Å²) in [4.78, 5) is 12.6. The minimum Gasteiger partial charge on any atom is -0.354 e. The number of rotatable bonds is 7. The van der Waals surface area contributed by atoms with Crippen LogP contribution in [-0.2, 0) is 10.2 Å². The van der Waals surface area contributed by atoms with Crippen LogP contribution in [0.3, 0.4) is 0 Å². The molecule has 0 radical (unpaired) electrons. The van der Waals surface area contributed by atoms with Crippen LogP contribution in [0, 0.1) is 5.82 Å². The van der Waals surface area contributed by atoms with Crippen molar-refractivity contribution in [3.8, 4) is 0 Å². The Labute approximate surface area is 138 Å². The lowest BCUT2D eigenvalue weighted by molar-refractivity contribution is -0.126. The van der Waals surface area contributed by atoms with Crippen LogP contribution in [0.25, 0.3) is 0 Å². The molecule has 0 saturated heterocycles. The van der Waals surface area contributed by atoms with Crippen molar-refractivity contribution in [2.75, 3.05) is 19.6 Å². The minimum atomic E-state index is -0.671. The van der Waals surface area contributed by atoms with E-state index in [1.807, 2.05) is 6.07 Å². The van der Waals surface area contributed by atoms with Crippen LogP contribution in [0.5, 0.6) is 0 Å². The molecule has 0 heterocycles. The fourth-order valence-corrected chi connectivity index (χ4v) is 3.18. The van der Waals surface area contributed by atoms with Gasteiger partial charge in [0.15, 0.2) is 0 Å². The molecule has 0 bridgehead atoms. The first-order chi connectivity index (χ1) is 10.2. The van der Waals surface area contributed by atoms with Gasteiger partial charge in [0.05, 0.1) is 5.41 Å². The number of amides is 1. The lowest BCUT2D eigenvalue weighted by Gasteiger charge is -2.28. The Bertz CT molecular complexity index is 475. The van der Waals surface area contributed by atoms with Crippen LogP contribution in [0.15, 0.2) is 24.3 Å². The summed E-state index contributed by atoms with van der Waals surface area (Å²) < 4.78 is 14.1. The molecule has 1 amide bonds. The van der Waals surface area contributed by atoms with Crippen LogP contribution in [0.4, 0.5) is 4.39 Å². The van der Waals surface area contributed by atoms with E-state index in [9.17, 15) is 9.18 Å². The molecule has 2 rings (SSSR count). The van der Waals surface area contributed by atoms with Gasteiger partial charge in [-0.05, 0) is 31.9 Å². The topological polar surface area (TPSA) is 41.1 Å². The largest absolute Gasteiger partial charge is 0.354 e. The zero-order chi connectivity index (χ0) is 15.1. The quantitative estimate of drug-likeness (QED) is 0.755. The van der Waals surface area contributed by atoms with E-state index in [4.69, 9.17) is 0 Å². The van der Waals surface area contributed by atoms with Crippen LogP contribution in [0.2, 0.25) is 0 Å². The van der Waals surface area contributed by atoms with E-state index >= 15 is 0 Å². The normalized spacial score (nSPS) is 16.1. The number of carbonyl (C=O) groups is 1. The first-order valence-corrected chi connectivity index (χ1v) is 7.95. The number of hydrogen-bond acceptors (Lipinski definition) is 2. The first kappa shape index (κ1) is 18.9. The molecule has 1 aliphatic rings. The van der Waals surface area contributed by atoms with E-state index in [1.165, 1.54) is 6.07 Å². The van der Waals surface area contributed by atoms with Gasteiger partial charge in [0, 0.05) is 18.7 Å². The average Bonchev–Trinajstić information content (AvgIpc) is 2.98. The summed E-state index contributed by atoms with van der Waals surface area (Å²) in [6.07, 6.45) is 4.52. The molecule has 0 atom stereocenters. The summed E-state index contributed by atoms with van der Waals surface area (Å²) in [6.45, 7) is 4.41. The summed E-state index contributed by atoms with van der Waals surface area (Å²) in [5.74, 6) is -0.290. The van der Waals surface area contributed by atoms with Crippen molar-refractivity contribution in [2.24, 2.45) is 0 Å². The molecule has 1 aromatic rings. The maximum atomic E-state index is 14.1. The highest BCUT2D eigenvalue weighted by Crippen LogP contribution is 2.42. The average molecular weight is 329 g/mol. The van der Waals surface area contributed by atoms with Crippen molar-refractivity contribution in [3.63, 3.8) is 0 Å². The van der Waals surface area contributed by atoms with Gasteiger partial charge in [-0.25, -0.2) is 4.39 Å². The van der Waals surface area contributed by atoms with Crippen LogP contribution >= 0.6 is 12.4 Å². The summed E-state index contributed by atoms with van der Waals surface area (Å²) >= 11 is 0. The van der Waals surface area contributed by atoms with Crippen LogP contribution in [0.1, 0.15) is 44.6 Å². The van der Waals surface area contributed by atoms with Crippen molar-refractivity contribution >= 4 is 18.3 Å². The maximum absolute atomic E-state index is 14.1. The van der Waals surface area contributed by atoms with Crippen molar-refractivity contribution < 1.29 is 9.18 Å². The van der Waals surface area contributed by atoms with Crippen molar-refractivity contribution in [1.29, 1.82) is 0 Å². The van der Waals surface area contributed by atoms with Gasteiger partial charge in [0.1, 0.15) is 5.82 Å². The predicted molar refractivity (Wildman–Crippen MR) is 90.0 cm³/mol. The standard InChI is InChI=1S/C17H25FN2O.ClH/c1-2-11-19-12-13-20-16(21)17(9-5-6-10-17)14-7-3-4-8-15(14)18;/h3-4,7-8,19H,2,5-6,9-13H2,1H3,(H,20,21);1H. The number of carbonyl (C=O) groups excluding carboxylic acids is 1. The molecular formula is C17H26ClFN2O. The second kappa shape index (κ2) is 9.11. The van der Waals surface area contributed by atoms with E-state index in [0.717, 1.165) is 45.2 Å². The van der Waals surface area contributed by atoms with Gasteiger partial charge in [-0.1, -0.05) is 38.0 Å². The van der Waals surface area contributed by atoms with Gasteiger partial charge in [0.2, 0.25) is 5.91 Å². The molecule has 0 aliphatic heterocycles. The van der Waals surface area contributed by atoms with E-state index < -0.39 is 5.41 Å². The van der Waals surface area contributed by atoms with Crippen molar-refractivity contribution in [1.82, 2.24) is 10.6 Å². The second-order valence-electron chi connectivity index (χ2n) is 5.77. The molecule has 0 aromatic heterocycles. The van der Waals surface area contributed by atoms with Crippen LogP contribution < -0.4 is 10.6 Å². The predicted octanol–water partition coefficient (Wildman–Crippen LogP) is 3.18. The zero-order valence-electron chi connectivity index (χ0n) is 13.2. The fourth-order valence-electron chi connectivity index (χ4n) is 3.18. The monoisotopic (exact) mass is 328 g/mol. The van der Waals surface area contributed by atoms with E-state index in [0.29, 0.717) is 12.1 Å². The second-order valence-corrected chi connectivity index (χ2v) is 5.77. The van der Waals surface area contributed by atoms with Gasteiger partial charge in [-0.15, -0.1) is 12.4 Å². The summed E-state index contributed by atoms with van der Waals surface area (Å²) in [5.41, 5.74) is -0.114. The third-order valence-electron chi connectivity index (χ3n) is 4.30. The summed E-state index contributed by atoms with van der Waals surface area (Å²) in [5, 5.41) is 6.24. The molecule has 22 heavy (non-hydrogen) atoms. The Hall–Kier alpha value is -1.13. The Kier molecular flexibility index (Phi) is 7.83. The highest BCUT2D eigenvalue weighted by atomic mass is 35.5. The lowest BCUT2D eigenvalue weighted by Crippen LogP contribution is -2.45. The molecular weight excluding hydrogens is 303 g/mol. The molecule has 124 valence electrons. The third kappa shape index (κ3) is 4.20. The Morgan fingerprint density at radius 2 is 1.86 bits per heavy atom. The lowest BCUT2D eigenvalue weighted by atomic mass is 9.77. The van der Waals surface area contributed by atoms with Gasteiger partial charge in [-0.3, -0.25) is 4.79 Å². The molecule has 3 nitrogen and oxygen atoms in total. The van der Waals surface area contributed by atoms with E-state index in [2.05, 4.69) is 17.6 Å². The third-order valence-corrected chi connectivity index (χ3v) is 4.30. The van der Waals surface area contributed by atoms with Gasteiger partial charge in [-0.2, -0.15) is 0 Å². The summed E-state index contributed by atoms with van der Waals surface area (Å²) in [7, 11) is 0. The Morgan fingerprint density at radius 1 is 1.18 bits per heavy atom. The highest BCUT2D eigenvalue weighted by Gasteiger charge is 2.43. The number of hydrogen-bond donors (Lipinski definition) is 2. The van der Waals surface area contributed by atoms with Gasteiger partial charge < -0.3 is 10.6 Å². The SMILES string of the molecule is CCCNCCNC(=O)C1(c2ccccc2F)CCCC1.Cl. The van der Waals surface area contributed by atoms with Crippen LogP contribution in [-0.4, -0.2) is 25.5 Å². The highest BCUT2D eigenvalue weighted by molar-refractivity contribution is 5.88. The number of halogens is 2. The Morgan fingerprint density at radius 3 is 2.50 bits per heavy atom. The zero-order valence-corrected chi connectivity index (χ0v) is 14.0. The molecule has 2 N–H and O–H groups in total. The number of nitrogens with one attached hydrogen (secondary N) is 2. The van der Waals surface area contributed by atoms with Crippen molar-refractivity contribution in [2.45, 2.75) is 44.4 Å². The fraction of sp³-hybridized carbons (Fsp3) is 0.588. The first-order valence-electron chi connectivity index (χ1n) is 7.95. The molecule has 5 heteroatoms. The molecule has 0 spiro atoms. The Balaban J connectivity index is 0.00000242. The molecule has 0 unspecified atom stereocenters. The van der Waals surface area contributed by atoms with Crippen molar-refractivity contribution in [3.05, 3.63) is 35.6 Å².